The lowest BCUT2D eigenvalue weighted by Gasteiger charge is -2.25. The zero-order valence-corrected chi connectivity index (χ0v) is 15.2. The highest BCUT2D eigenvalue weighted by atomic mass is 32.2. The Morgan fingerprint density at radius 3 is 2.42 bits per heavy atom. The fourth-order valence-corrected chi connectivity index (χ4v) is 4.96. The first-order valence-corrected chi connectivity index (χ1v) is 10.0. The van der Waals surface area contributed by atoms with Gasteiger partial charge in [-0.25, -0.2) is 13.2 Å². The molecule has 2 N–H and O–H groups in total. The van der Waals surface area contributed by atoms with Crippen LogP contribution in [0.15, 0.2) is 40.6 Å². The first kappa shape index (κ1) is 18.5. The zero-order chi connectivity index (χ0) is 18.7. The van der Waals surface area contributed by atoms with Crippen molar-refractivity contribution in [2.45, 2.75) is 4.90 Å². The Morgan fingerprint density at radius 1 is 1.15 bits per heavy atom. The molecule has 0 unspecified atom stereocenters. The molecule has 1 fully saturated rings. The number of rotatable bonds is 5. The maximum Gasteiger partial charge on any atom is 0.335 e. The number of carboxylic acids is 1. The molecular formula is C16H16N2O6S2. The maximum absolute atomic E-state index is 12.6. The van der Waals surface area contributed by atoms with Crippen molar-refractivity contribution in [2.24, 2.45) is 0 Å². The van der Waals surface area contributed by atoms with E-state index in [2.05, 4.69) is 5.32 Å². The zero-order valence-electron chi connectivity index (χ0n) is 13.5. The van der Waals surface area contributed by atoms with Crippen molar-refractivity contribution in [2.75, 3.05) is 31.6 Å². The number of benzene rings is 1. The van der Waals surface area contributed by atoms with E-state index in [1.165, 1.54) is 40.0 Å². The number of thiophene rings is 1. The van der Waals surface area contributed by atoms with Crippen LogP contribution in [-0.4, -0.2) is 56.0 Å². The highest BCUT2D eigenvalue weighted by Crippen LogP contribution is 2.24. The van der Waals surface area contributed by atoms with Gasteiger partial charge in [0, 0.05) is 24.2 Å². The van der Waals surface area contributed by atoms with E-state index in [-0.39, 0.29) is 28.4 Å². The largest absolute Gasteiger partial charge is 0.478 e. The van der Waals surface area contributed by atoms with E-state index >= 15 is 0 Å². The number of sulfonamides is 1. The predicted octanol–water partition coefficient (Wildman–Crippen LogP) is 1.72. The third-order valence-corrected chi connectivity index (χ3v) is 6.75. The van der Waals surface area contributed by atoms with Gasteiger partial charge in [0.25, 0.3) is 5.91 Å². The van der Waals surface area contributed by atoms with E-state index in [0.717, 1.165) is 11.3 Å². The van der Waals surface area contributed by atoms with Crippen LogP contribution < -0.4 is 5.32 Å². The Bertz CT molecular complexity index is 914. The monoisotopic (exact) mass is 396 g/mol. The van der Waals surface area contributed by atoms with E-state index in [9.17, 15) is 18.0 Å². The molecule has 0 bridgehead atoms. The van der Waals surface area contributed by atoms with Crippen molar-refractivity contribution in [1.29, 1.82) is 0 Å². The Kier molecular flexibility index (Phi) is 5.37. The summed E-state index contributed by atoms with van der Waals surface area (Å²) in [5.74, 6) is -1.51. The Labute approximate surface area is 154 Å². The fourth-order valence-electron chi connectivity index (χ4n) is 2.40. The van der Waals surface area contributed by atoms with Crippen LogP contribution in [0.2, 0.25) is 0 Å². The van der Waals surface area contributed by atoms with Gasteiger partial charge in [-0.15, -0.1) is 11.3 Å². The maximum atomic E-state index is 12.6. The van der Waals surface area contributed by atoms with Crippen molar-refractivity contribution < 1.29 is 27.9 Å². The lowest BCUT2D eigenvalue weighted by molar-refractivity contribution is 0.0696. The molecule has 1 aliphatic rings. The molecular weight excluding hydrogens is 380 g/mol. The molecule has 3 rings (SSSR count). The van der Waals surface area contributed by atoms with E-state index in [1.807, 2.05) is 0 Å². The lowest BCUT2D eigenvalue weighted by Crippen LogP contribution is -2.40. The lowest BCUT2D eigenvalue weighted by atomic mass is 10.2. The SMILES string of the molecule is O=C(O)c1ccc(NC(=O)c2cc(S(=O)(=O)N3CCOCC3)cs2)cc1. The van der Waals surface area contributed by atoms with Gasteiger partial charge in [-0.3, -0.25) is 4.79 Å². The number of morpholine rings is 1. The highest BCUT2D eigenvalue weighted by Gasteiger charge is 2.28. The van der Waals surface area contributed by atoms with Crippen LogP contribution in [0.3, 0.4) is 0 Å². The fraction of sp³-hybridized carbons (Fsp3) is 0.250. The average Bonchev–Trinajstić information content (AvgIpc) is 3.14. The minimum Gasteiger partial charge on any atom is -0.478 e. The summed E-state index contributed by atoms with van der Waals surface area (Å²) in [6.07, 6.45) is 0. The second-order valence-corrected chi connectivity index (χ2v) is 8.35. The van der Waals surface area contributed by atoms with Gasteiger partial charge in [-0.05, 0) is 30.3 Å². The van der Waals surface area contributed by atoms with E-state index in [4.69, 9.17) is 9.84 Å². The summed E-state index contributed by atoms with van der Waals surface area (Å²) in [5.41, 5.74) is 0.531. The number of amides is 1. The molecule has 0 atom stereocenters. The minimum absolute atomic E-state index is 0.0794. The summed E-state index contributed by atoms with van der Waals surface area (Å²) in [5, 5.41) is 12.9. The number of carbonyl (C=O) groups excluding carboxylic acids is 1. The van der Waals surface area contributed by atoms with Crippen LogP contribution >= 0.6 is 11.3 Å². The molecule has 1 saturated heterocycles. The summed E-state index contributed by atoms with van der Waals surface area (Å²) in [7, 11) is -3.64. The van der Waals surface area contributed by atoms with E-state index in [1.54, 1.807) is 0 Å². The number of ether oxygens (including phenoxy) is 1. The van der Waals surface area contributed by atoms with Gasteiger partial charge in [0.05, 0.1) is 28.5 Å². The summed E-state index contributed by atoms with van der Waals surface area (Å²) < 4.78 is 31.6. The van der Waals surface area contributed by atoms with Crippen LogP contribution in [0, 0.1) is 0 Å². The van der Waals surface area contributed by atoms with Crippen LogP contribution in [0.25, 0.3) is 0 Å². The molecule has 10 heteroatoms. The first-order chi connectivity index (χ1) is 12.4. The molecule has 26 heavy (non-hydrogen) atoms. The summed E-state index contributed by atoms with van der Waals surface area (Å²) in [6.45, 7) is 1.28. The van der Waals surface area contributed by atoms with Gasteiger partial charge in [-0.2, -0.15) is 4.31 Å². The Balaban J connectivity index is 1.72. The Morgan fingerprint density at radius 2 is 1.81 bits per heavy atom. The second kappa shape index (κ2) is 7.54. The molecule has 1 aromatic heterocycles. The van der Waals surface area contributed by atoms with E-state index < -0.39 is 21.9 Å². The predicted molar refractivity (Wildman–Crippen MR) is 95.3 cm³/mol. The normalized spacial score (nSPS) is 15.5. The number of hydrogen-bond acceptors (Lipinski definition) is 6. The quantitative estimate of drug-likeness (QED) is 0.796. The first-order valence-electron chi connectivity index (χ1n) is 7.69. The number of carboxylic acid groups (broad SMARTS) is 1. The number of aromatic carboxylic acids is 1. The standard InChI is InChI=1S/C16H16N2O6S2/c19-15(17-12-3-1-11(2-4-12)16(20)21)14-9-13(10-25-14)26(22,23)18-5-7-24-8-6-18/h1-4,9-10H,5-8H2,(H,17,19)(H,20,21). The van der Waals surface area contributed by atoms with Gasteiger partial charge in [0.15, 0.2) is 0 Å². The number of hydrogen-bond donors (Lipinski definition) is 2. The number of nitrogens with one attached hydrogen (secondary N) is 1. The molecule has 2 aromatic rings. The molecule has 1 aliphatic heterocycles. The number of nitrogens with zero attached hydrogens (tertiary/aromatic N) is 1. The van der Waals surface area contributed by atoms with Crippen LogP contribution in [0.5, 0.6) is 0 Å². The average molecular weight is 396 g/mol. The van der Waals surface area contributed by atoms with Gasteiger partial charge >= 0.3 is 5.97 Å². The van der Waals surface area contributed by atoms with Gasteiger partial charge in [0.1, 0.15) is 0 Å². The van der Waals surface area contributed by atoms with E-state index in [0.29, 0.717) is 18.9 Å². The smallest absolute Gasteiger partial charge is 0.335 e. The topological polar surface area (TPSA) is 113 Å². The molecule has 1 amide bonds. The summed E-state index contributed by atoms with van der Waals surface area (Å²) >= 11 is 1.03. The van der Waals surface area contributed by atoms with Crippen LogP contribution in [0.1, 0.15) is 20.0 Å². The molecule has 0 spiro atoms. The Hall–Kier alpha value is -2.27. The van der Waals surface area contributed by atoms with Crippen molar-refractivity contribution in [1.82, 2.24) is 4.31 Å². The third-order valence-electron chi connectivity index (χ3n) is 3.80. The second-order valence-electron chi connectivity index (χ2n) is 5.50. The van der Waals surface area contributed by atoms with Gasteiger partial charge in [0.2, 0.25) is 10.0 Å². The molecule has 0 aliphatic carbocycles. The number of carbonyl (C=O) groups is 2. The highest BCUT2D eigenvalue weighted by molar-refractivity contribution is 7.89. The number of anilines is 1. The van der Waals surface area contributed by atoms with Gasteiger partial charge in [-0.1, -0.05) is 0 Å². The van der Waals surface area contributed by atoms with Crippen LogP contribution in [0.4, 0.5) is 5.69 Å². The molecule has 1 aromatic carbocycles. The van der Waals surface area contributed by atoms with Gasteiger partial charge < -0.3 is 15.2 Å². The molecule has 0 radical (unpaired) electrons. The van der Waals surface area contributed by atoms with Crippen molar-refractivity contribution in [3.8, 4) is 0 Å². The minimum atomic E-state index is -3.64. The third kappa shape index (κ3) is 3.93. The van der Waals surface area contributed by atoms with Crippen molar-refractivity contribution in [3.63, 3.8) is 0 Å². The summed E-state index contributed by atoms with van der Waals surface area (Å²) in [6, 6.07) is 7.04. The molecule has 8 nitrogen and oxygen atoms in total. The summed E-state index contributed by atoms with van der Waals surface area (Å²) in [4.78, 5) is 23.5. The molecule has 2 heterocycles. The van der Waals surface area contributed by atoms with Crippen molar-refractivity contribution in [3.05, 3.63) is 46.2 Å². The van der Waals surface area contributed by atoms with Crippen LogP contribution in [-0.2, 0) is 14.8 Å². The van der Waals surface area contributed by atoms with Crippen molar-refractivity contribution >= 4 is 38.9 Å². The molecule has 0 saturated carbocycles. The molecule has 138 valence electrons.